The lowest BCUT2D eigenvalue weighted by Gasteiger charge is -2.31. The molecule has 0 saturated carbocycles. The number of nitro groups is 1. The van der Waals surface area contributed by atoms with Crippen molar-refractivity contribution in [3.63, 3.8) is 0 Å². The molecule has 7 heteroatoms. The number of hydrogen-bond donors (Lipinski definition) is 1. The van der Waals surface area contributed by atoms with Crippen LogP contribution in [0.2, 0.25) is 10.0 Å². The number of benzene rings is 2. The predicted molar refractivity (Wildman–Crippen MR) is 111 cm³/mol. The summed E-state index contributed by atoms with van der Waals surface area (Å²) in [5.41, 5.74) is 2.72. The molecule has 5 nitrogen and oxygen atoms in total. The summed E-state index contributed by atoms with van der Waals surface area (Å²) in [7, 11) is 0. The summed E-state index contributed by atoms with van der Waals surface area (Å²) in [5, 5.41) is 15.8. The normalized spacial score (nSPS) is 17.3. The molecule has 0 radical (unpaired) electrons. The molecule has 1 unspecified atom stereocenters. The van der Waals surface area contributed by atoms with Crippen LogP contribution < -0.4 is 5.32 Å². The van der Waals surface area contributed by atoms with Crippen LogP contribution in [0.5, 0.6) is 0 Å². The van der Waals surface area contributed by atoms with Gasteiger partial charge in [0.15, 0.2) is 0 Å². The van der Waals surface area contributed by atoms with Crippen molar-refractivity contribution >= 4 is 34.6 Å². The van der Waals surface area contributed by atoms with E-state index in [0.717, 1.165) is 24.1 Å². The minimum Gasteiger partial charge on any atom is -0.377 e. The zero-order valence-electron chi connectivity index (χ0n) is 15.4. The molecule has 0 saturated heterocycles. The average Bonchev–Trinajstić information content (AvgIpc) is 2.81. The van der Waals surface area contributed by atoms with Crippen LogP contribution in [0.4, 0.5) is 11.4 Å². The fourth-order valence-corrected chi connectivity index (χ4v) is 3.75. The highest BCUT2D eigenvalue weighted by Crippen LogP contribution is 2.36. The Morgan fingerprint density at radius 3 is 2.70 bits per heavy atom. The van der Waals surface area contributed by atoms with Gasteiger partial charge in [-0.15, -0.1) is 0 Å². The van der Waals surface area contributed by atoms with Gasteiger partial charge in [0.05, 0.1) is 21.0 Å². The maximum Gasteiger partial charge on any atom is 0.292 e. The third-order valence-electron chi connectivity index (χ3n) is 4.93. The van der Waals surface area contributed by atoms with Crippen molar-refractivity contribution < 1.29 is 4.92 Å². The number of nitro benzene ring substituents is 1. The lowest BCUT2D eigenvalue weighted by Crippen LogP contribution is -2.32. The third kappa shape index (κ3) is 4.54. The first kappa shape index (κ1) is 19.9. The summed E-state index contributed by atoms with van der Waals surface area (Å²) in [6, 6.07) is 11.0. The van der Waals surface area contributed by atoms with Crippen molar-refractivity contribution in [2.45, 2.75) is 32.9 Å². The Labute approximate surface area is 169 Å². The molecule has 0 spiro atoms. The van der Waals surface area contributed by atoms with Gasteiger partial charge in [-0.2, -0.15) is 0 Å². The molecule has 0 fully saturated rings. The van der Waals surface area contributed by atoms with Gasteiger partial charge in [0.1, 0.15) is 5.69 Å². The summed E-state index contributed by atoms with van der Waals surface area (Å²) >= 11 is 12.3. The number of nitrogens with one attached hydrogen (secondary N) is 1. The Hall–Kier alpha value is -1.82. The van der Waals surface area contributed by atoms with Gasteiger partial charge in [0.25, 0.3) is 5.69 Å². The van der Waals surface area contributed by atoms with E-state index < -0.39 is 0 Å². The maximum atomic E-state index is 11.4. The minimum atomic E-state index is -0.330. The van der Waals surface area contributed by atoms with E-state index in [4.69, 9.17) is 23.2 Å². The summed E-state index contributed by atoms with van der Waals surface area (Å²) in [5.74, 6) is 0.570. The molecular weight excluding hydrogens is 385 g/mol. The van der Waals surface area contributed by atoms with Gasteiger partial charge >= 0.3 is 0 Å². The number of hydrogen-bond acceptors (Lipinski definition) is 4. The van der Waals surface area contributed by atoms with Crippen LogP contribution >= 0.6 is 23.2 Å². The van der Waals surface area contributed by atoms with Crippen LogP contribution in [0.15, 0.2) is 36.4 Å². The van der Waals surface area contributed by atoms with Gasteiger partial charge < -0.3 is 5.32 Å². The molecular formula is C20H23Cl2N3O2. The summed E-state index contributed by atoms with van der Waals surface area (Å²) in [6.07, 6.45) is 1.04. The largest absolute Gasteiger partial charge is 0.377 e. The summed E-state index contributed by atoms with van der Waals surface area (Å²) in [4.78, 5) is 13.5. The standard InChI is InChI=1S/C20H23Cl2N3O2/c1-13(2)8-9-24-12-15-4-3-5-18(25(26)27)20(15)23-11-19(24)14-6-7-16(21)17(22)10-14/h3-7,10,13,19,23H,8-9,11-12H2,1-2H3. The van der Waals surface area contributed by atoms with Crippen LogP contribution in [0.25, 0.3) is 0 Å². The van der Waals surface area contributed by atoms with E-state index in [-0.39, 0.29) is 16.7 Å². The second-order valence-corrected chi connectivity index (χ2v) is 8.11. The Kier molecular flexibility index (Phi) is 6.25. The maximum absolute atomic E-state index is 11.4. The van der Waals surface area contributed by atoms with E-state index in [1.54, 1.807) is 18.2 Å². The van der Waals surface area contributed by atoms with Gasteiger partial charge in [-0.1, -0.05) is 55.2 Å². The van der Waals surface area contributed by atoms with Gasteiger partial charge in [-0.25, -0.2) is 0 Å². The molecule has 1 aliphatic rings. The highest BCUT2D eigenvalue weighted by atomic mass is 35.5. The smallest absolute Gasteiger partial charge is 0.292 e. The predicted octanol–water partition coefficient (Wildman–Crippen LogP) is 5.92. The molecule has 2 aromatic carbocycles. The first-order chi connectivity index (χ1) is 12.9. The lowest BCUT2D eigenvalue weighted by atomic mass is 10.0. The summed E-state index contributed by atoms with van der Waals surface area (Å²) in [6.45, 7) is 6.49. The van der Waals surface area contributed by atoms with Crippen molar-refractivity contribution in [2.75, 3.05) is 18.4 Å². The number of rotatable bonds is 5. The van der Waals surface area contributed by atoms with Crippen LogP contribution in [0, 0.1) is 16.0 Å². The molecule has 144 valence electrons. The van der Waals surface area contributed by atoms with E-state index >= 15 is 0 Å². The number of para-hydroxylation sites is 1. The van der Waals surface area contributed by atoms with E-state index in [2.05, 4.69) is 24.1 Å². The second kappa shape index (κ2) is 8.46. The van der Waals surface area contributed by atoms with Gasteiger partial charge in [0, 0.05) is 19.2 Å². The van der Waals surface area contributed by atoms with Gasteiger partial charge in [-0.05, 0) is 42.1 Å². The third-order valence-corrected chi connectivity index (χ3v) is 5.67. The van der Waals surface area contributed by atoms with Gasteiger partial charge in [-0.3, -0.25) is 15.0 Å². The molecule has 0 bridgehead atoms. The van der Waals surface area contributed by atoms with E-state index in [1.165, 1.54) is 0 Å². The van der Waals surface area contributed by atoms with Crippen molar-refractivity contribution in [2.24, 2.45) is 5.92 Å². The highest BCUT2D eigenvalue weighted by molar-refractivity contribution is 6.42. The van der Waals surface area contributed by atoms with E-state index in [9.17, 15) is 10.1 Å². The minimum absolute atomic E-state index is 0.0468. The van der Waals surface area contributed by atoms with Crippen LogP contribution in [-0.2, 0) is 6.54 Å². The number of anilines is 1. The van der Waals surface area contributed by atoms with Gasteiger partial charge in [0.2, 0.25) is 0 Å². The molecule has 1 atom stereocenters. The zero-order chi connectivity index (χ0) is 19.6. The number of nitrogens with zero attached hydrogens (tertiary/aromatic N) is 2. The average molecular weight is 408 g/mol. The zero-order valence-corrected chi connectivity index (χ0v) is 16.9. The monoisotopic (exact) mass is 407 g/mol. The van der Waals surface area contributed by atoms with Crippen LogP contribution in [-0.4, -0.2) is 22.9 Å². The first-order valence-corrected chi connectivity index (χ1v) is 9.81. The van der Waals surface area contributed by atoms with Crippen molar-refractivity contribution in [3.8, 4) is 0 Å². The molecule has 0 aromatic heterocycles. The lowest BCUT2D eigenvalue weighted by molar-refractivity contribution is -0.384. The Morgan fingerprint density at radius 2 is 2.04 bits per heavy atom. The highest BCUT2D eigenvalue weighted by Gasteiger charge is 2.28. The van der Waals surface area contributed by atoms with Crippen molar-refractivity contribution in [1.29, 1.82) is 0 Å². The quantitative estimate of drug-likeness (QED) is 0.493. The Bertz CT molecular complexity index is 842. The summed E-state index contributed by atoms with van der Waals surface area (Å²) < 4.78 is 0. The first-order valence-electron chi connectivity index (χ1n) is 9.06. The molecule has 0 amide bonds. The van der Waals surface area contributed by atoms with Crippen LogP contribution in [0.1, 0.15) is 37.4 Å². The topological polar surface area (TPSA) is 58.4 Å². The molecule has 1 N–H and O–H groups in total. The molecule has 0 aliphatic carbocycles. The Morgan fingerprint density at radius 1 is 1.26 bits per heavy atom. The molecule has 3 rings (SSSR count). The second-order valence-electron chi connectivity index (χ2n) is 7.29. The molecule has 2 aromatic rings. The van der Waals surface area contributed by atoms with E-state index in [0.29, 0.717) is 34.7 Å². The fraction of sp³-hybridized carbons (Fsp3) is 0.400. The molecule has 1 aliphatic heterocycles. The fourth-order valence-electron chi connectivity index (χ4n) is 3.44. The SMILES string of the molecule is CC(C)CCN1Cc2cccc([N+](=O)[O-])c2NCC1c1ccc(Cl)c(Cl)c1. The van der Waals surface area contributed by atoms with Crippen LogP contribution in [0.3, 0.4) is 0 Å². The van der Waals surface area contributed by atoms with E-state index in [1.807, 2.05) is 18.2 Å². The van der Waals surface area contributed by atoms with Crippen molar-refractivity contribution in [1.82, 2.24) is 4.90 Å². The van der Waals surface area contributed by atoms with Crippen molar-refractivity contribution in [3.05, 3.63) is 67.7 Å². The Balaban J connectivity index is 1.98. The molecule has 27 heavy (non-hydrogen) atoms. The molecule has 1 heterocycles. The number of fused-ring (bicyclic) bond motifs is 1. The number of halogens is 2.